The highest BCUT2D eigenvalue weighted by atomic mass is 32.2. The van der Waals surface area contributed by atoms with Crippen molar-refractivity contribution in [1.82, 2.24) is 5.32 Å². The van der Waals surface area contributed by atoms with Crippen LogP contribution < -0.4 is 10.2 Å². The number of amides is 1. The molecule has 1 fully saturated rings. The van der Waals surface area contributed by atoms with Crippen LogP contribution in [-0.4, -0.2) is 45.9 Å². The molecule has 1 N–H and O–H groups in total. The van der Waals surface area contributed by atoms with Crippen molar-refractivity contribution in [2.75, 3.05) is 25.1 Å². The van der Waals surface area contributed by atoms with E-state index in [0.717, 1.165) is 30.2 Å². The van der Waals surface area contributed by atoms with E-state index >= 15 is 0 Å². The molecular weight excluding hydrogens is 461 g/mol. The van der Waals surface area contributed by atoms with Gasteiger partial charge in [-0.3, -0.25) is 9.69 Å². The van der Waals surface area contributed by atoms with Crippen LogP contribution in [0.2, 0.25) is 0 Å². The highest BCUT2D eigenvalue weighted by Gasteiger charge is 2.57. The van der Waals surface area contributed by atoms with Crippen molar-refractivity contribution in [2.45, 2.75) is 34.7 Å². The molecule has 0 saturated carbocycles. The lowest BCUT2D eigenvalue weighted by Crippen LogP contribution is -2.54. The molecule has 0 unspecified atom stereocenters. The molecule has 176 valence electrons. The number of ether oxygens (including phenoxy) is 1. The van der Waals surface area contributed by atoms with Gasteiger partial charge in [0.05, 0.1) is 23.0 Å². The average Bonchev–Trinajstić information content (AvgIpc) is 3.02. The first-order valence-electron chi connectivity index (χ1n) is 10.2. The average molecular weight is 482 g/mol. The van der Waals surface area contributed by atoms with Gasteiger partial charge in [-0.25, -0.2) is 13.2 Å². The van der Waals surface area contributed by atoms with E-state index in [2.05, 4.69) is 5.32 Å². The number of halogens is 3. The second-order valence-electron chi connectivity index (χ2n) is 7.94. The Balaban J connectivity index is 1.93. The molecule has 0 bridgehead atoms. The Bertz CT molecular complexity index is 1210. The van der Waals surface area contributed by atoms with Gasteiger partial charge in [-0.05, 0) is 49.7 Å². The lowest BCUT2D eigenvalue weighted by molar-refractivity contribution is -0.142. The summed E-state index contributed by atoms with van der Waals surface area (Å²) in [4.78, 5) is 26.3. The number of carbonyl (C=O) groups excluding carboxylic acids is 2. The van der Waals surface area contributed by atoms with Crippen LogP contribution >= 0.6 is 0 Å². The number of fused-ring (bicyclic) bond motifs is 2. The molecule has 33 heavy (non-hydrogen) atoms. The van der Waals surface area contributed by atoms with Crippen LogP contribution in [0.5, 0.6) is 0 Å². The number of para-hydroxylation sites is 1. The van der Waals surface area contributed by atoms with Crippen molar-refractivity contribution in [3.8, 4) is 0 Å². The van der Waals surface area contributed by atoms with Crippen molar-refractivity contribution >= 4 is 27.4 Å². The molecule has 0 aromatic heterocycles. The van der Waals surface area contributed by atoms with Gasteiger partial charge in [0.1, 0.15) is 0 Å². The first-order valence-corrected chi connectivity index (χ1v) is 11.7. The summed E-state index contributed by atoms with van der Waals surface area (Å²) < 4.78 is 72.8. The summed E-state index contributed by atoms with van der Waals surface area (Å²) in [6.07, 6.45) is -4.29. The lowest BCUT2D eigenvalue weighted by Gasteiger charge is -2.34. The van der Waals surface area contributed by atoms with E-state index in [1.807, 2.05) is 0 Å². The van der Waals surface area contributed by atoms with Crippen molar-refractivity contribution in [2.24, 2.45) is 0 Å². The first kappa shape index (κ1) is 23.2. The molecule has 2 heterocycles. The van der Waals surface area contributed by atoms with Gasteiger partial charge >= 0.3 is 12.1 Å². The number of piperidine rings is 1. The van der Waals surface area contributed by atoms with Crippen LogP contribution in [0, 0.1) is 0 Å². The number of nitrogens with zero attached hydrogens (tertiary/aromatic N) is 1. The fraction of sp³-hybridized carbons (Fsp3) is 0.364. The summed E-state index contributed by atoms with van der Waals surface area (Å²) in [7, 11) is -4.12. The molecule has 2 aromatic carbocycles. The molecule has 1 amide bonds. The van der Waals surface area contributed by atoms with Gasteiger partial charge in [0, 0.05) is 5.69 Å². The Hall–Kier alpha value is -2.92. The number of carbonyl (C=O) groups is 2. The monoisotopic (exact) mass is 482 g/mol. The maximum Gasteiger partial charge on any atom is 0.417 e. The number of rotatable bonds is 4. The molecule has 2 aliphatic heterocycles. The van der Waals surface area contributed by atoms with Crippen LogP contribution in [0.1, 0.15) is 24.0 Å². The van der Waals surface area contributed by atoms with Crippen molar-refractivity contribution in [3.05, 3.63) is 59.7 Å². The minimum atomic E-state index is -5.05. The maximum atomic E-state index is 13.8. The summed E-state index contributed by atoms with van der Waals surface area (Å²) in [5.74, 6) is -1.99. The van der Waals surface area contributed by atoms with Gasteiger partial charge < -0.3 is 10.1 Å². The highest BCUT2D eigenvalue weighted by molar-refractivity contribution is 7.93. The fourth-order valence-corrected chi connectivity index (χ4v) is 6.49. The van der Waals surface area contributed by atoms with Crippen molar-refractivity contribution < 1.29 is 35.9 Å². The predicted molar refractivity (Wildman–Crippen MR) is 112 cm³/mol. The number of benzene rings is 2. The molecule has 0 aliphatic carbocycles. The zero-order valence-corrected chi connectivity index (χ0v) is 18.4. The van der Waals surface area contributed by atoms with E-state index in [1.165, 1.54) is 6.07 Å². The smallest absolute Gasteiger partial charge is 0.417 e. The normalized spacial score (nSPS) is 18.8. The number of alkyl halides is 3. The molecule has 1 saturated heterocycles. The van der Waals surface area contributed by atoms with Gasteiger partial charge in [0.2, 0.25) is 21.1 Å². The Labute approximate surface area is 188 Å². The first-order chi connectivity index (χ1) is 15.6. The van der Waals surface area contributed by atoms with Crippen LogP contribution in [0.25, 0.3) is 0 Å². The zero-order valence-electron chi connectivity index (χ0n) is 17.6. The van der Waals surface area contributed by atoms with Gasteiger partial charge in [-0.2, -0.15) is 13.2 Å². The quantitative estimate of drug-likeness (QED) is 0.674. The number of hydrogen-bond donors (Lipinski definition) is 1. The van der Waals surface area contributed by atoms with Crippen LogP contribution in [-0.2, 0) is 35.8 Å². The molecule has 4 rings (SSSR count). The highest BCUT2D eigenvalue weighted by Crippen LogP contribution is 2.49. The second-order valence-corrected chi connectivity index (χ2v) is 9.92. The minimum Gasteiger partial charge on any atom is -0.467 e. The predicted octanol–water partition coefficient (Wildman–Crippen LogP) is 2.65. The third-order valence-corrected chi connectivity index (χ3v) is 8.15. The van der Waals surface area contributed by atoms with E-state index in [9.17, 15) is 31.2 Å². The van der Waals surface area contributed by atoms with Crippen LogP contribution in [0.3, 0.4) is 0 Å². The number of sulfone groups is 1. The van der Waals surface area contributed by atoms with Crippen molar-refractivity contribution in [3.63, 3.8) is 0 Å². The van der Waals surface area contributed by atoms with Gasteiger partial charge in [-0.15, -0.1) is 0 Å². The maximum absolute atomic E-state index is 13.8. The SMILES string of the molecule is COC(=O)[C@H](N1C(=O)C2(CCNCC2)c2ccccc21)S(=O)(=O)c1ccccc1C(F)(F)F. The number of methoxy groups -OCH3 is 1. The summed E-state index contributed by atoms with van der Waals surface area (Å²) >= 11 is 0. The fourth-order valence-electron chi connectivity index (χ4n) is 4.65. The number of anilines is 1. The summed E-state index contributed by atoms with van der Waals surface area (Å²) in [5, 5.41) is 0.829. The van der Waals surface area contributed by atoms with Crippen LogP contribution in [0.15, 0.2) is 53.4 Å². The van der Waals surface area contributed by atoms with Crippen LogP contribution in [0.4, 0.5) is 18.9 Å². The molecule has 1 spiro atoms. The van der Waals surface area contributed by atoms with E-state index in [0.29, 0.717) is 37.6 Å². The Kier molecular flexibility index (Phi) is 5.73. The summed E-state index contributed by atoms with van der Waals surface area (Å²) in [6.45, 7) is 0.973. The van der Waals surface area contributed by atoms with E-state index in [1.54, 1.807) is 18.2 Å². The molecule has 7 nitrogen and oxygen atoms in total. The molecule has 1 atom stereocenters. The zero-order chi connectivity index (χ0) is 24.0. The van der Waals surface area contributed by atoms with Gasteiger partial charge in [0.15, 0.2) is 0 Å². The minimum absolute atomic E-state index is 0.174. The Morgan fingerprint density at radius 2 is 1.70 bits per heavy atom. The van der Waals surface area contributed by atoms with Crippen molar-refractivity contribution in [1.29, 1.82) is 0 Å². The van der Waals surface area contributed by atoms with E-state index in [-0.39, 0.29) is 5.69 Å². The number of nitrogens with one attached hydrogen (secondary N) is 1. The lowest BCUT2D eigenvalue weighted by atomic mass is 9.74. The molecule has 2 aromatic rings. The third-order valence-electron chi connectivity index (χ3n) is 6.19. The van der Waals surface area contributed by atoms with Gasteiger partial charge in [0.25, 0.3) is 0 Å². The molecular formula is C22H21F3N2O5S. The molecule has 11 heteroatoms. The summed E-state index contributed by atoms with van der Waals surface area (Å²) in [5.41, 5.74) is -1.78. The number of hydrogen-bond acceptors (Lipinski definition) is 6. The van der Waals surface area contributed by atoms with Gasteiger partial charge in [-0.1, -0.05) is 30.3 Å². The second kappa shape index (κ2) is 8.14. The van der Waals surface area contributed by atoms with E-state index in [4.69, 9.17) is 4.74 Å². The largest absolute Gasteiger partial charge is 0.467 e. The standard InChI is InChI=1S/C22H21F3N2O5S/c1-32-19(28)18(33(30,31)17-9-5-3-7-15(17)22(23,24)25)27-16-8-4-2-6-14(16)21(20(27)29)10-12-26-13-11-21/h2-9,18,26H,10-13H2,1H3/t18-/m1/s1. The summed E-state index contributed by atoms with van der Waals surface area (Å²) in [6, 6.07) is 10.0. The van der Waals surface area contributed by atoms with E-state index < -0.39 is 49.1 Å². The Morgan fingerprint density at radius 1 is 1.09 bits per heavy atom. The number of esters is 1. The molecule has 2 aliphatic rings. The third kappa shape index (κ3) is 3.59. The Morgan fingerprint density at radius 3 is 2.33 bits per heavy atom. The molecule has 0 radical (unpaired) electrons. The topological polar surface area (TPSA) is 92.8 Å².